The van der Waals surface area contributed by atoms with Gasteiger partial charge in [-0.2, -0.15) is 0 Å². The molecule has 16 heavy (non-hydrogen) atoms. The molecule has 94 valence electrons. The molecule has 4 heteroatoms. The molecule has 2 atom stereocenters. The van der Waals surface area contributed by atoms with Gasteiger partial charge in [0.2, 0.25) is 0 Å². The van der Waals surface area contributed by atoms with Gasteiger partial charge in [0.25, 0.3) is 0 Å². The molecule has 4 nitrogen and oxygen atoms in total. The Morgan fingerprint density at radius 1 is 0.938 bits per heavy atom. The van der Waals surface area contributed by atoms with Crippen LogP contribution in [0, 0.1) is 11.8 Å². The van der Waals surface area contributed by atoms with E-state index in [0.717, 1.165) is 12.8 Å². The molecule has 0 aliphatic carbocycles. The van der Waals surface area contributed by atoms with Gasteiger partial charge in [-0.05, 0) is 31.1 Å². The lowest BCUT2D eigenvalue weighted by atomic mass is 9.90. The van der Waals surface area contributed by atoms with E-state index in [0.29, 0.717) is 24.7 Å². The van der Waals surface area contributed by atoms with Crippen LogP contribution in [0.5, 0.6) is 0 Å². The maximum atomic E-state index is 10.4. The fourth-order valence-corrected chi connectivity index (χ4v) is 1.89. The summed E-state index contributed by atoms with van der Waals surface area (Å²) in [5.41, 5.74) is 0. The minimum Gasteiger partial charge on any atom is -0.481 e. The quantitative estimate of drug-likeness (QED) is 0.638. The predicted molar refractivity (Wildman–Crippen MR) is 61.3 cm³/mol. The molecule has 0 heterocycles. The molecule has 2 N–H and O–H groups in total. The van der Waals surface area contributed by atoms with E-state index < -0.39 is 11.9 Å². The molecule has 0 radical (unpaired) electrons. The van der Waals surface area contributed by atoms with Crippen LogP contribution < -0.4 is 0 Å². The summed E-state index contributed by atoms with van der Waals surface area (Å²) < 4.78 is 0. The van der Waals surface area contributed by atoms with Crippen molar-refractivity contribution in [2.75, 3.05) is 0 Å². The first-order valence-corrected chi connectivity index (χ1v) is 5.85. The number of carbonyl (C=O) groups is 2. The summed E-state index contributed by atoms with van der Waals surface area (Å²) in [5, 5.41) is 17.0. The van der Waals surface area contributed by atoms with Crippen LogP contribution in [0.3, 0.4) is 0 Å². The van der Waals surface area contributed by atoms with Crippen molar-refractivity contribution in [3.05, 3.63) is 0 Å². The smallest absolute Gasteiger partial charge is 0.303 e. The second-order valence-electron chi connectivity index (χ2n) is 4.66. The number of hydrogen-bond donors (Lipinski definition) is 2. The third-order valence-corrected chi connectivity index (χ3v) is 2.74. The Morgan fingerprint density at radius 2 is 1.44 bits per heavy atom. The van der Waals surface area contributed by atoms with Gasteiger partial charge in [-0.25, -0.2) is 0 Å². The molecule has 0 bridgehead atoms. The zero-order chi connectivity index (χ0) is 12.6. The van der Waals surface area contributed by atoms with Gasteiger partial charge in [0.1, 0.15) is 0 Å². The van der Waals surface area contributed by atoms with E-state index in [2.05, 4.69) is 13.8 Å². The van der Waals surface area contributed by atoms with Crippen molar-refractivity contribution in [1.29, 1.82) is 0 Å². The molecule has 0 spiro atoms. The normalized spacial score (nSPS) is 14.4. The Hall–Kier alpha value is -1.06. The first-order chi connectivity index (χ1) is 7.41. The van der Waals surface area contributed by atoms with Crippen LogP contribution in [-0.4, -0.2) is 22.2 Å². The van der Waals surface area contributed by atoms with Gasteiger partial charge in [-0.1, -0.05) is 20.3 Å². The lowest BCUT2D eigenvalue weighted by Crippen LogP contribution is -2.06. The van der Waals surface area contributed by atoms with Gasteiger partial charge >= 0.3 is 11.9 Å². The maximum Gasteiger partial charge on any atom is 0.303 e. The average Bonchev–Trinajstić information content (AvgIpc) is 2.14. The van der Waals surface area contributed by atoms with Crippen molar-refractivity contribution in [3.63, 3.8) is 0 Å². The molecule has 0 aliphatic heterocycles. The van der Waals surface area contributed by atoms with Crippen LogP contribution in [0.4, 0.5) is 0 Å². The summed E-state index contributed by atoms with van der Waals surface area (Å²) in [7, 11) is 0. The Morgan fingerprint density at radius 3 is 1.94 bits per heavy atom. The van der Waals surface area contributed by atoms with Gasteiger partial charge in [0, 0.05) is 12.8 Å². The maximum absolute atomic E-state index is 10.4. The summed E-state index contributed by atoms with van der Waals surface area (Å²) in [4.78, 5) is 20.7. The summed E-state index contributed by atoms with van der Waals surface area (Å²) in [6.07, 6.45) is 3.76. The molecular formula is C12H22O4. The standard InChI is InChI=1S/C12H22O4/c1-9(4-3-5-11(13)14)8-10(2)6-7-12(15)16/h9-10H,3-8H2,1-2H3,(H,13,14)(H,15,16). The fraction of sp³-hybridized carbons (Fsp3) is 0.833. The SMILES string of the molecule is CC(CCCC(=O)O)CC(C)CCC(=O)O. The Balaban J connectivity index is 3.57. The molecule has 0 saturated heterocycles. The van der Waals surface area contributed by atoms with Gasteiger partial charge in [0.15, 0.2) is 0 Å². The molecule has 2 unspecified atom stereocenters. The lowest BCUT2D eigenvalue weighted by molar-refractivity contribution is -0.138. The zero-order valence-electron chi connectivity index (χ0n) is 10.1. The van der Waals surface area contributed by atoms with Crippen molar-refractivity contribution in [3.8, 4) is 0 Å². The summed E-state index contributed by atoms with van der Waals surface area (Å²) in [6.45, 7) is 4.15. The molecule has 0 rings (SSSR count). The monoisotopic (exact) mass is 230 g/mol. The summed E-state index contributed by atoms with van der Waals surface area (Å²) >= 11 is 0. The molecule has 0 aromatic carbocycles. The molecule has 0 aliphatic rings. The number of carboxylic acid groups (broad SMARTS) is 2. The summed E-state index contributed by atoms with van der Waals surface area (Å²) in [6, 6.07) is 0. The third kappa shape index (κ3) is 9.49. The minimum atomic E-state index is -0.745. The molecule has 0 aromatic rings. The Labute approximate surface area is 96.7 Å². The lowest BCUT2D eigenvalue weighted by Gasteiger charge is -2.16. The van der Waals surface area contributed by atoms with E-state index in [1.165, 1.54) is 0 Å². The van der Waals surface area contributed by atoms with Crippen LogP contribution in [0.15, 0.2) is 0 Å². The highest BCUT2D eigenvalue weighted by molar-refractivity contribution is 5.66. The van der Waals surface area contributed by atoms with Crippen molar-refractivity contribution < 1.29 is 19.8 Å². The average molecular weight is 230 g/mol. The summed E-state index contributed by atoms with van der Waals surface area (Å²) in [5.74, 6) is -0.615. The molecule has 0 aromatic heterocycles. The highest BCUT2D eigenvalue weighted by atomic mass is 16.4. The highest BCUT2D eigenvalue weighted by Crippen LogP contribution is 2.20. The van der Waals surface area contributed by atoms with Crippen molar-refractivity contribution in [2.24, 2.45) is 11.8 Å². The third-order valence-electron chi connectivity index (χ3n) is 2.74. The van der Waals surface area contributed by atoms with Crippen LogP contribution in [0.25, 0.3) is 0 Å². The first-order valence-electron chi connectivity index (χ1n) is 5.85. The molecule has 0 amide bonds. The molecule has 0 fully saturated rings. The molecular weight excluding hydrogens is 208 g/mol. The van der Waals surface area contributed by atoms with E-state index in [1.54, 1.807) is 0 Å². The van der Waals surface area contributed by atoms with Crippen LogP contribution in [0.2, 0.25) is 0 Å². The Bertz CT molecular complexity index is 225. The predicted octanol–water partition coefficient (Wildman–Crippen LogP) is 2.77. The number of carboxylic acids is 2. The number of aliphatic carboxylic acids is 2. The van der Waals surface area contributed by atoms with Crippen molar-refractivity contribution in [2.45, 2.75) is 52.4 Å². The van der Waals surface area contributed by atoms with E-state index in [9.17, 15) is 9.59 Å². The van der Waals surface area contributed by atoms with Gasteiger partial charge in [-0.15, -0.1) is 0 Å². The van der Waals surface area contributed by atoms with Crippen molar-refractivity contribution in [1.82, 2.24) is 0 Å². The van der Waals surface area contributed by atoms with Gasteiger partial charge in [0.05, 0.1) is 0 Å². The second-order valence-corrected chi connectivity index (χ2v) is 4.66. The van der Waals surface area contributed by atoms with Crippen LogP contribution >= 0.6 is 0 Å². The topological polar surface area (TPSA) is 74.6 Å². The van der Waals surface area contributed by atoms with Gasteiger partial charge in [-0.3, -0.25) is 9.59 Å². The van der Waals surface area contributed by atoms with Crippen molar-refractivity contribution >= 4 is 11.9 Å². The van der Waals surface area contributed by atoms with E-state index in [-0.39, 0.29) is 12.8 Å². The number of rotatable bonds is 9. The van der Waals surface area contributed by atoms with E-state index in [4.69, 9.17) is 10.2 Å². The zero-order valence-corrected chi connectivity index (χ0v) is 10.1. The van der Waals surface area contributed by atoms with E-state index >= 15 is 0 Å². The Kier molecular flexibility index (Phi) is 7.60. The molecule has 0 saturated carbocycles. The fourth-order valence-electron chi connectivity index (χ4n) is 1.89. The largest absolute Gasteiger partial charge is 0.481 e. The number of hydrogen-bond acceptors (Lipinski definition) is 2. The highest BCUT2D eigenvalue weighted by Gasteiger charge is 2.11. The van der Waals surface area contributed by atoms with Gasteiger partial charge < -0.3 is 10.2 Å². The first kappa shape index (κ1) is 14.9. The van der Waals surface area contributed by atoms with E-state index in [1.807, 2.05) is 0 Å². The van der Waals surface area contributed by atoms with Crippen LogP contribution in [0.1, 0.15) is 52.4 Å². The van der Waals surface area contributed by atoms with Crippen LogP contribution in [-0.2, 0) is 9.59 Å². The minimum absolute atomic E-state index is 0.225. The second kappa shape index (κ2) is 8.13.